The maximum Gasteiger partial charge on any atom is 0.416 e. The SMILES string of the molecule is O=S(=O)(Nc1cccc(C(F)(F)F)c1)c1cnc(Cl)nc1. The molecular weight excluding hydrogens is 331 g/mol. The minimum atomic E-state index is -4.56. The molecule has 1 aromatic heterocycles. The van der Waals surface area contributed by atoms with E-state index in [1.54, 1.807) is 0 Å². The van der Waals surface area contributed by atoms with E-state index in [0.717, 1.165) is 24.5 Å². The van der Waals surface area contributed by atoms with Crippen molar-refractivity contribution in [3.63, 3.8) is 0 Å². The largest absolute Gasteiger partial charge is 0.416 e. The van der Waals surface area contributed by atoms with E-state index in [4.69, 9.17) is 11.6 Å². The average molecular weight is 338 g/mol. The average Bonchev–Trinajstić information content (AvgIpc) is 2.38. The molecule has 1 N–H and O–H groups in total. The fourth-order valence-electron chi connectivity index (χ4n) is 1.41. The first-order chi connectivity index (χ1) is 9.68. The molecule has 1 heterocycles. The quantitative estimate of drug-likeness (QED) is 0.874. The molecule has 10 heteroatoms. The minimum Gasteiger partial charge on any atom is -0.280 e. The zero-order chi connectivity index (χ0) is 15.7. The van der Waals surface area contributed by atoms with Gasteiger partial charge >= 0.3 is 6.18 Å². The Kier molecular flexibility index (Phi) is 4.06. The molecular formula is C11H7ClF3N3O2S. The van der Waals surface area contributed by atoms with E-state index in [2.05, 4.69) is 9.97 Å². The van der Waals surface area contributed by atoms with Crippen molar-refractivity contribution in [3.8, 4) is 0 Å². The number of hydrogen-bond acceptors (Lipinski definition) is 4. The number of hydrogen-bond donors (Lipinski definition) is 1. The fraction of sp³-hybridized carbons (Fsp3) is 0.0909. The van der Waals surface area contributed by atoms with Gasteiger partial charge in [0.25, 0.3) is 10.0 Å². The molecule has 0 bridgehead atoms. The topological polar surface area (TPSA) is 72.0 Å². The zero-order valence-corrected chi connectivity index (χ0v) is 11.7. The van der Waals surface area contributed by atoms with Gasteiger partial charge in [-0.05, 0) is 29.8 Å². The third kappa shape index (κ3) is 3.82. The first-order valence-corrected chi connectivity index (χ1v) is 7.22. The monoisotopic (exact) mass is 337 g/mol. The number of benzene rings is 1. The van der Waals surface area contributed by atoms with E-state index in [0.29, 0.717) is 6.07 Å². The molecule has 0 unspecified atom stereocenters. The second kappa shape index (κ2) is 5.49. The summed E-state index contributed by atoms with van der Waals surface area (Å²) in [5, 5.41) is -0.145. The molecule has 0 fully saturated rings. The van der Waals surface area contributed by atoms with E-state index in [-0.39, 0.29) is 15.9 Å². The van der Waals surface area contributed by atoms with Crippen molar-refractivity contribution in [2.24, 2.45) is 0 Å². The van der Waals surface area contributed by atoms with Crippen LogP contribution >= 0.6 is 11.6 Å². The normalized spacial score (nSPS) is 12.2. The number of sulfonamides is 1. The molecule has 0 saturated carbocycles. The molecule has 0 saturated heterocycles. The van der Waals surface area contributed by atoms with Crippen molar-refractivity contribution < 1.29 is 21.6 Å². The molecule has 0 aliphatic heterocycles. The highest BCUT2D eigenvalue weighted by molar-refractivity contribution is 7.92. The number of nitrogens with one attached hydrogen (secondary N) is 1. The van der Waals surface area contributed by atoms with E-state index < -0.39 is 21.8 Å². The summed E-state index contributed by atoms with van der Waals surface area (Å²) in [6, 6.07) is 3.82. The van der Waals surface area contributed by atoms with Gasteiger partial charge in [-0.2, -0.15) is 13.2 Å². The number of alkyl halides is 3. The van der Waals surface area contributed by atoms with Gasteiger partial charge in [0, 0.05) is 5.69 Å². The predicted octanol–water partition coefficient (Wildman–Crippen LogP) is 2.95. The minimum absolute atomic E-state index is 0.145. The molecule has 112 valence electrons. The third-order valence-electron chi connectivity index (χ3n) is 2.35. The highest BCUT2D eigenvalue weighted by atomic mass is 35.5. The number of anilines is 1. The predicted molar refractivity (Wildman–Crippen MR) is 69.3 cm³/mol. The van der Waals surface area contributed by atoms with E-state index in [9.17, 15) is 21.6 Å². The summed E-state index contributed by atoms with van der Waals surface area (Å²) >= 11 is 5.43. The van der Waals surface area contributed by atoms with Crippen LogP contribution in [0.2, 0.25) is 5.28 Å². The molecule has 0 aliphatic rings. The van der Waals surface area contributed by atoms with Crippen molar-refractivity contribution in [1.29, 1.82) is 0 Å². The van der Waals surface area contributed by atoms with Gasteiger partial charge in [0.15, 0.2) is 0 Å². The Hall–Kier alpha value is -1.87. The molecule has 0 aliphatic carbocycles. The highest BCUT2D eigenvalue weighted by Crippen LogP contribution is 2.31. The van der Waals surface area contributed by atoms with Crippen LogP contribution in [-0.2, 0) is 16.2 Å². The van der Waals surface area contributed by atoms with Gasteiger partial charge in [-0.15, -0.1) is 0 Å². The van der Waals surface area contributed by atoms with Gasteiger partial charge in [-0.1, -0.05) is 6.07 Å². The van der Waals surface area contributed by atoms with Crippen LogP contribution in [0.3, 0.4) is 0 Å². The summed E-state index contributed by atoms with van der Waals surface area (Å²) < 4.78 is 63.6. The second-order valence-electron chi connectivity index (χ2n) is 3.87. The Labute approximate surface area is 122 Å². The van der Waals surface area contributed by atoms with Crippen molar-refractivity contribution in [2.45, 2.75) is 11.1 Å². The molecule has 0 spiro atoms. The van der Waals surface area contributed by atoms with Crippen LogP contribution < -0.4 is 4.72 Å². The zero-order valence-electron chi connectivity index (χ0n) is 10.1. The Morgan fingerprint density at radius 1 is 1.14 bits per heavy atom. The summed E-state index contributed by atoms with van der Waals surface area (Å²) in [7, 11) is -4.09. The summed E-state index contributed by atoms with van der Waals surface area (Å²) in [6.45, 7) is 0. The molecule has 21 heavy (non-hydrogen) atoms. The summed E-state index contributed by atoms with van der Waals surface area (Å²) in [5.74, 6) is 0. The smallest absolute Gasteiger partial charge is 0.280 e. The van der Waals surface area contributed by atoms with Crippen molar-refractivity contribution in [3.05, 3.63) is 47.5 Å². The highest BCUT2D eigenvalue weighted by Gasteiger charge is 2.30. The number of halogens is 4. The second-order valence-corrected chi connectivity index (χ2v) is 5.89. The van der Waals surface area contributed by atoms with Crippen LogP contribution in [0.5, 0.6) is 0 Å². The van der Waals surface area contributed by atoms with E-state index in [1.165, 1.54) is 6.07 Å². The molecule has 0 amide bonds. The summed E-state index contributed by atoms with van der Waals surface area (Å²) in [6.07, 6.45) is -2.67. The molecule has 2 rings (SSSR count). The molecule has 5 nitrogen and oxygen atoms in total. The molecule has 0 atom stereocenters. The standard InChI is InChI=1S/C11H7ClF3N3O2S/c12-10-16-5-9(6-17-10)21(19,20)18-8-3-1-2-7(4-8)11(13,14)15/h1-6,18H. The third-order valence-corrected chi connectivity index (χ3v) is 3.88. The fourth-order valence-corrected chi connectivity index (χ4v) is 2.45. The maximum absolute atomic E-state index is 12.6. The van der Waals surface area contributed by atoms with Crippen LogP contribution in [0.1, 0.15) is 5.56 Å². The van der Waals surface area contributed by atoms with Crippen LogP contribution in [0.15, 0.2) is 41.6 Å². The van der Waals surface area contributed by atoms with Gasteiger partial charge in [-0.3, -0.25) is 4.72 Å². The maximum atomic E-state index is 12.6. The Balaban J connectivity index is 2.31. The first-order valence-electron chi connectivity index (χ1n) is 5.36. The molecule has 0 radical (unpaired) electrons. The van der Waals surface area contributed by atoms with Crippen LogP contribution in [0.25, 0.3) is 0 Å². The lowest BCUT2D eigenvalue weighted by Crippen LogP contribution is -2.14. The number of aromatic nitrogens is 2. The van der Waals surface area contributed by atoms with Crippen LogP contribution in [-0.4, -0.2) is 18.4 Å². The first kappa shape index (κ1) is 15.5. The number of nitrogens with zero attached hydrogens (tertiary/aromatic N) is 2. The van der Waals surface area contributed by atoms with Gasteiger partial charge < -0.3 is 0 Å². The van der Waals surface area contributed by atoms with Gasteiger partial charge in [0.2, 0.25) is 5.28 Å². The summed E-state index contributed by atoms with van der Waals surface area (Å²) in [4.78, 5) is 6.68. The van der Waals surface area contributed by atoms with Crippen LogP contribution in [0, 0.1) is 0 Å². The Morgan fingerprint density at radius 2 is 1.76 bits per heavy atom. The molecule has 1 aromatic carbocycles. The van der Waals surface area contributed by atoms with Crippen LogP contribution in [0.4, 0.5) is 18.9 Å². The van der Waals surface area contributed by atoms with E-state index in [1.807, 2.05) is 4.72 Å². The lowest BCUT2D eigenvalue weighted by molar-refractivity contribution is -0.137. The Morgan fingerprint density at radius 3 is 2.33 bits per heavy atom. The van der Waals surface area contributed by atoms with Crippen molar-refractivity contribution in [2.75, 3.05) is 4.72 Å². The summed E-state index contributed by atoms with van der Waals surface area (Å²) in [5.41, 5.74) is -1.19. The van der Waals surface area contributed by atoms with Gasteiger partial charge in [-0.25, -0.2) is 18.4 Å². The van der Waals surface area contributed by atoms with Crippen molar-refractivity contribution in [1.82, 2.24) is 9.97 Å². The Bertz CT molecular complexity index is 748. The lowest BCUT2D eigenvalue weighted by Gasteiger charge is -2.10. The molecule has 2 aromatic rings. The van der Waals surface area contributed by atoms with E-state index >= 15 is 0 Å². The van der Waals surface area contributed by atoms with Crippen molar-refractivity contribution >= 4 is 27.3 Å². The van der Waals surface area contributed by atoms with Gasteiger partial charge in [0.1, 0.15) is 4.90 Å². The number of rotatable bonds is 3. The lowest BCUT2D eigenvalue weighted by atomic mass is 10.2. The van der Waals surface area contributed by atoms with Gasteiger partial charge in [0.05, 0.1) is 18.0 Å².